The summed E-state index contributed by atoms with van der Waals surface area (Å²) in [7, 11) is 1.83. The number of furan rings is 1. The Morgan fingerprint density at radius 1 is 1.11 bits per heavy atom. The molecule has 196 valence electrons. The molecule has 38 heavy (non-hydrogen) atoms. The second-order valence-corrected chi connectivity index (χ2v) is 9.04. The van der Waals surface area contributed by atoms with E-state index >= 15 is 0 Å². The number of amides is 1. The number of nitrogens with zero attached hydrogens (tertiary/aromatic N) is 7. The van der Waals surface area contributed by atoms with Crippen molar-refractivity contribution in [1.82, 2.24) is 34.0 Å². The first-order valence-electron chi connectivity index (χ1n) is 12.2. The predicted molar refractivity (Wildman–Crippen MR) is 141 cm³/mol. The van der Waals surface area contributed by atoms with Gasteiger partial charge in [0.1, 0.15) is 5.69 Å². The van der Waals surface area contributed by atoms with Crippen molar-refractivity contribution in [2.24, 2.45) is 0 Å². The van der Waals surface area contributed by atoms with Crippen molar-refractivity contribution in [2.45, 2.75) is 32.7 Å². The zero-order chi connectivity index (χ0) is 26.8. The van der Waals surface area contributed by atoms with E-state index in [4.69, 9.17) is 14.3 Å². The van der Waals surface area contributed by atoms with Gasteiger partial charge in [-0.05, 0) is 18.9 Å². The molecule has 1 saturated heterocycles. The van der Waals surface area contributed by atoms with Gasteiger partial charge in [-0.25, -0.2) is 9.97 Å². The summed E-state index contributed by atoms with van der Waals surface area (Å²) < 4.78 is 10.3. The molecule has 0 aromatic carbocycles. The Kier molecular flexibility index (Phi) is 6.77. The van der Waals surface area contributed by atoms with E-state index in [1.54, 1.807) is 25.5 Å². The number of likely N-dealkylation sites (tertiary alicyclic amines) is 1. The van der Waals surface area contributed by atoms with Gasteiger partial charge in [-0.3, -0.25) is 23.7 Å². The average Bonchev–Trinajstić information content (AvgIpc) is 3.66. The standard InChI is InChI=1S/C24H24N8O2.C2H4O2/c1-15(33)30-6-3-17(4-7-30)32-14-16(10-29-32)19-11-28-24(25-2)23-18(19)9-21(34-23)20-12-27-22-13-26-5-8-31(20)22;1-2(3)4/h5,8-14,17H,3-4,6-7H2,1-2H3,(H,25,28);1H3,(H,3,4). The first kappa shape index (κ1) is 24.9. The molecule has 12 heteroatoms. The van der Waals surface area contributed by atoms with Gasteiger partial charge in [-0.1, -0.05) is 0 Å². The van der Waals surface area contributed by atoms with E-state index in [0.717, 1.165) is 60.7 Å². The Labute approximate surface area is 217 Å². The molecule has 6 heterocycles. The molecule has 5 aromatic heterocycles. The monoisotopic (exact) mass is 516 g/mol. The van der Waals surface area contributed by atoms with Crippen LogP contribution in [0.4, 0.5) is 5.82 Å². The van der Waals surface area contributed by atoms with Gasteiger partial charge in [0.15, 0.2) is 22.8 Å². The summed E-state index contributed by atoms with van der Waals surface area (Å²) in [6.07, 6.45) is 14.7. The van der Waals surface area contributed by atoms with E-state index in [2.05, 4.69) is 31.6 Å². The number of hydrogen-bond acceptors (Lipinski definition) is 8. The maximum atomic E-state index is 11.6. The number of pyridine rings is 1. The zero-order valence-electron chi connectivity index (χ0n) is 21.3. The van der Waals surface area contributed by atoms with E-state index < -0.39 is 5.97 Å². The molecule has 1 amide bonds. The van der Waals surface area contributed by atoms with Crippen molar-refractivity contribution in [1.29, 1.82) is 0 Å². The third-order valence-corrected chi connectivity index (χ3v) is 6.56. The lowest BCUT2D eigenvalue weighted by Crippen LogP contribution is -2.37. The predicted octanol–water partition coefficient (Wildman–Crippen LogP) is 3.72. The van der Waals surface area contributed by atoms with Gasteiger partial charge in [0.2, 0.25) is 5.91 Å². The first-order chi connectivity index (χ1) is 18.4. The van der Waals surface area contributed by atoms with Crippen LogP contribution in [0.1, 0.15) is 32.7 Å². The quantitative estimate of drug-likeness (QED) is 0.365. The van der Waals surface area contributed by atoms with Crippen molar-refractivity contribution < 1.29 is 19.1 Å². The lowest BCUT2D eigenvalue weighted by Gasteiger charge is -2.31. The van der Waals surface area contributed by atoms with Crippen molar-refractivity contribution in [3.63, 3.8) is 0 Å². The SMILES string of the molecule is CC(=O)O.CNc1ncc(-c2cnn(C3CCN(C(C)=O)CC3)c2)c2cc(-c3cnc4cnccn34)oc12. The normalized spacial score (nSPS) is 13.9. The highest BCUT2D eigenvalue weighted by molar-refractivity contribution is 6.00. The van der Waals surface area contributed by atoms with Crippen LogP contribution in [0.5, 0.6) is 0 Å². The van der Waals surface area contributed by atoms with Crippen LogP contribution in [0.15, 0.2) is 53.9 Å². The van der Waals surface area contributed by atoms with Gasteiger partial charge in [0.05, 0.1) is 24.6 Å². The summed E-state index contributed by atoms with van der Waals surface area (Å²) in [4.78, 5) is 35.7. The van der Waals surface area contributed by atoms with Crippen LogP contribution in [0.25, 0.3) is 39.2 Å². The molecular formula is C26H28N8O4. The smallest absolute Gasteiger partial charge is 0.300 e. The first-order valence-corrected chi connectivity index (χ1v) is 12.2. The Morgan fingerprint density at radius 3 is 2.58 bits per heavy atom. The third kappa shape index (κ3) is 4.80. The van der Waals surface area contributed by atoms with Crippen LogP contribution in [0, 0.1) is 0 Å². The lowest BCUT2D eigenvalue weighted by molar-refractivity contribution is -0.134. The van der Waals surface area contributed by atoms with E-state index in [0.29, 0.717) is 17.2 Å². The Bertz CT molecular complexity index is 1610. The molecule has 0 bridgehead atoms. The van der Waals surface area contributed by atoms with Crippen LogP contribution in [-0.2, 0) is 9.59 Å². The summed E-state index contributed by atoms with van der Waals surface area (Å²) in [5.41, 5.74) is 4.20. The fraction of sp³-hybridized carbons (Fsp3) is 0.308. The number of carboxylic acid groups (broad SMARTS) is 1. The Hall–Kier alpha value is -4.74. The number of rotatable bonds is 4. The largest absolute Gasteiger partial charge is 0.481 e. The van der Waals surface area contributed by atoms with Gasteiger partial charge in [-0.15, -0.1) is 0 Å². The maximum absolute atomic E-state index is 11.6. The number of imidazole rings is 1. The molecule has 1 aliphatic rings. The van der Waals surface area contributed by atoms with Gasteiger partial charge in [0, 0.05) is 75.3 Å². The summed E-state index contributed by atoms with van der Waals surface area (Å²) in [5.74, 6) is 0.670. The highest BCUT2D eigenvalue weighted by Crippen LogP contribution is 2.37. The van der Waals surface area contributed by atoms with Crippen molar-refractivity contribution in [2.75, 3.05) is 25.5 Å². The number of fused-ring (bicyclic) bond motifs is 2. The van der Waals surface area contributed by atoms with Crippen molar-refractivity contribution >= 4 is 34.3 Å². The molecule has 0 atom stereocenters. The van der Waals surface area contributed by atoms with Gasteiger partial charge in [-0.2, -0.15) is 5.10 Å². The fourth-order valence-electron chi connectivity index (χ4n) is 4.71. The highest BCUT2D eigenvalue weighted by Gasteiger charge is 2.24. The minimum Gasteiger partial charge on any atom is -0.481 e. The van der Waals surface area contributed by atoms with E-state index in [1.165, 1.54) is 0 Å². The number of aromatic nitrogens is 6. The van der Waals surface area contributed by atoms with Crippen LogP contribution >= 0.6 is 0 Å². The van der Waals surface area contributed by atoms with Crippen LogP contribution in [0.2, 0.25) is 0 Å². The second kappa shape index (κ2) is 10.3. The van der Waals surface area contributed by atoms with Crippen LogP contribution in [-0.4, -0.2) is 71.2 Å². The van der Waals surface area contributed by atoms with E-state index in [-0.39, 0.29) is 11.9 Å². The molecular weight excluding hydrogens is 488 g/mol. The maximum Gasteiger partial charge on any atom is 0.300 e. The minimum atomic E-state index is -0.833. The number of piperidine rings is 1. The number of anilines is 1. The summed E-state index contributed by atoms with van der Waals surface area (Å²) in [6.45, 7) is 4.23. The van der Waals surface area contributed by atoms with E-state index in [9.17, 15) is 4.79 Å². The molecule has 6 rings (SSSR count). The summed E-state index contributed by atoms with van der Waals surface area (Å²) >= 11 is 0. The van der Waals surface area contributed by atoms with E-state index in [1.807, 2.05) is 45.7 Å². The Morgan fingerprint density at radius 2 is 1.87 bits per heavy atom. The third-order valence-electron chi connectivity index (χ3n) is 6.56. The number of carbonyl (C=O) groups is 2. The second-order valence-electron chi connectivity index (χ2n) is 9.04. The number of nitrogens with one attached hydrogen (secondary N) is 1. The molecule has 0 radical (unpaired) electrons. The van der Waals surface area contributed by atoms with Crippen LogP contribution in [0.3, 0.4) is 0 Å². The molecule has 0 spiro atoms. The van der Waals surface area contributed by atoms with Gasteiger partial charge >= 0.3 is 0 Å². The molecule has 2 N–H and O–H groups in total. The molecule has 0 aliphatic carbocycles. The number of carboxylic acids is 1. The highest BCUT2D eigenvalue weighted by atomic mass is 16.4. The number of carbonyl (C=O) groups excluding carboxylic acids is 1. The fourth-order valence-corrected chi connectivity index (χ4v) is 4.71. The molecule has 1 fully saturated rings. The average molecular weight is 517 g/mol. The lowest BCUT2D eigenvalue weighted by atomic mass is 10.0. The van der Waals surface area contributed by atoms with Gasteiger partial charge < -0.3 is 19.7 Å². The topological polar surface area (TPSA) is 144 Å². The van der Waals surface area contributed by atoms with Crippen molar-refractivity contribution in [3.05, 3.63) is 49.4 Å². The summed E-state index contributed by atoms with van der Waals surface area (Å²) in [5, 5.41) is 16.1. The Balaban J connectivity index is 0.000000689. The number of hydrogen-bond donors (Lipinski definition) is 2. The summed E-state index contributed by atoms with van der Waals surface area (Å²) in [6, 6.07) is 2.30. The molecule has 0 unspecified atom stereocenters. The minimum absolute atomic E-state index is 0.135. The zero-order valence-corrected chi connectivity index (χ0v) is 21.3. The van der Waals surface area contributed by atoms with Gasteiger partial charge in [0.25, 0.3) is 5.97 Å². The van der Waals surface area contributed by atoms with Crippen LogP contribution < -0.4 is 5.32 Å². The molecule has 5 aromatic rings. The molecule has 0 saturated carbocycles. The molecule has 1 aliphatic heterocycles. The molecule has 12 nitrogen and oxygen atoms in total. The number of aliphatic carboxylic acids is 1. The van der Waals surface area contributed by atoms with Crippen molar-refractivity contribution in [3.8, 4) is 22.6 Å².